The van der Waals surface area contributed by atoms with Gasteiger partial charge in [-0.2, -0.15) is 0 Å². The highest BCUT2D eigenvalue weighted by molar-refractivity contribution is 5.49. The van der Waals surface area contributed by atoms with Crippen LogP contribution in [0.15, 0.2) is 24.3 Å². The van der Waals surface area contributed by atoms with E-state index in [1.54, 1.807) is 7.11 Å². The highest BCUT2D eigenvalue weighted by atomic mass is 16.5. The number of benzene rings is 1. The van der Waals surface area contributed by atoms with Crippen molar-refractivity contribution < 1.29 is 4.74 Å². The molecule has 1 saturated heterocycles. The number of piperazine rings is 1. The minimum atomic E-state index is -0.126. The van der Waals surface area contributed by atoms with E-state index in [9.17, 15) is 0 Å². The van der Waals surface area contributed by atoms with Gasteiger partial charge in [-0.15, -0.1) is 5.10 Å². The average Bonchev–Trinajstić information content (AvgIpc) is 3.16. The Balaban J connectivity index is 1.74. The third kappa shape index (κ3) is 4.63. The molecular weight excluding hydrogens is 352 g/mol. The number of aromatic nitrogens is 4. The van der Waals surface area contributed by atoms with Crippen LogP contribution in [0.25, 0.3) is 0 Å². The molecule has 154 valence electrons. The van der Waals surface area contributed by atoms with Crippen molar-refractivity contribution in [1.29, 1.82) is 0 Å². The summed E-state index contributed by atoms with van der Waals surface area (Å²) in [4.78, 5) is 4.99. The van der Waals surface area contributed by atoms with E-state index in [1.807, 2.05) is 16.8 Å². The number of rotatable bonds is 6. The van der Waals surface area contributed by atoms with Gasteiger partial charge in [0, 0.05) is 31.9 Å². The van der Waals surface area contributed by atoms with Crippen LogP contribution < -0.4 is 9.64 Å². The predicted octanol–water partition coefficient (Wildman–Crippen LogP) is 3.35. The number of tetrazole rings is 1. The van der Waals surface area contributed by atoms with Gasteiger partial charge >= 0.3 is 0 Å². The van der Waals surface area contributed by atoms with Crippen LogP contribution in [0.3, 0.4) is 0 Å². The van der Waals surface area contributed by atoms with E-state index in [0.29, 0.717) is 5.92 Å². The number of methoxy groups -OCH3 is 1. The summed E-state index contributed by atoms with van der Waals surface area (Å²) in [6.07, 6.45) is 1.05. The second-order valence-electron chi connectivity index (χ2n) is 8.99. The molecule has 0 amide bonds. The number of hydrogen-bond acceptors (Lipinski definition) is 6. The Bertz CT molecular complexity index is 741. The normalized spacial score (nSPS) is 17.2. The van der Waals surface area contributed by atoms with Crippen LogP contribution in [-0.4, -0.2) is 58.4 Å². The molecule has 1 aromatic heterocycles. The Hall–Kier alpha value is -2.15. The van der Waals surface area contributed by atoms with Crippen molar-refractivity contribution in [2.45, 2.75) is 52.6 Å². The molecule has 1 aromatic carbocycles. The summed E-state index contributed by atoms with van der Waals surface area (Å²) in [5.74, 6) is 2.46. The molecule has 0 spiro atoms. The third-order valence-electron chi connectivity index (χ3n) is 5.31. The van der Waals surface area contributed by atoms with Gasteiger partial charge in [0.05, 0.1) is 18.7 Å². The first-order valence-electron chi connectivity index (χ1n) is 10.2. The van der Waals surface area contributed by atoms with Crippen molar-refractivity contribution in [2.75, 3.05) is 38.2 Å². The van der Waals surface area contributed by atoms with Crippen LogP contribution in [0.5, 0.6) is 5.75 Å². The molecule has 0 unspecified atom stereocenters. The number of ether oxygens (including phenoxy) is 1. The van der Waals surface area contributed by atoms with Gasteiger partial charge in [-0.05, 0) is 67.8 Å². The first-order chi connectivity index (χ1) is 13.3. The van der Waals surface area contributed by atoms with Crippen LogP contribution in [0.2, 0.25) is 0 Å². The molecule has 2 aromatic rings. The lowest BCUT2D eigenvalue weighted by Gasteiger charge is -2.40. The fraction of sp³-hybridized carbons (Fsp3) is 0.667. The smallest absolute Gasteiger partial charge is 0.168 e. The van der Waals surface area contributed by atoms with E-state index < -0.39 is 0 Å². The zero-order chi connectivity index (χ0) is 20.3. The Kier molecular flexibility index (Phi) is 6.23. The molecule has 7 nitrogen and oxygen atoms in total. The second-order valence-corrected chi connectivity index (χ2v) is 8.99. The maximum absolute atomic E-state index is 5.27. The van der Waals surface area contributed by atoms with Gasteiger partial charge in [0.1, 0.15) is 5.75 Å². The number of anilines is 1. The fourth-order valence-corrected chi connectivity index (χ4v) is 3.83. The Labute approximate surface area is 168 Å². The minimum absolute atomic E-state index is 0.126. The molecular formula is C21H34N6O. The van der Waals surface area contributed by atoms with Crippen LogP contribution >= 0.6 is 0 Å². The van der Waals surface area contributed by atoms with Crippen molar-refractivity contribution in [3.63, 3.8) is 0 Å². The molecule has 2 heterocycles. The Morgan fingerprint density at radius 2 is 1.68 bits per heavy atom. The van der Waals surface area contributed by atoms with Crippen LogP contribution in [0, 0.1) is 5.92 Å². The molecule has 1 atom stereocenters. The van der Waals surface area contributed by atoms with Gasteiger partial charge in [0.15, 0.2) is 5.82 Å². The zero-order valence-corrected chi connectivity index (χ0v) is 18.1. The highest BCUT2D eigenvalue weighted by Gasteiger charge is 2.32. The zero-order valence-electron chi connectivity index (χ0n) is 18.1. The SMILES string of the molecule is COc1ccc(N2CCN([C@@H](CC(C)C)c3nnnn3C(C)(C)C)CC2)cc1. The molecule has 1 aliphatic rings. The van der Waals surface area contributed by atoms with E-state index in [1.165, 1.54) is 5.69 Å². The summed E-state index contributed by atoms with van der Waals surface area (Å²) >= 11 is 0. The summed E-state index contributed by atoms with van der Waals surface area (Å²) in [5.41, 5.74) is 1.12. The Morgan fingerprint density at radius 3 is 2.21 bits per heavy atom. The van der Waals surface area contributed by atoms with Crippen molar-refractivity contribution in [3.8, 4) is 5.75 Å². The molecule has 0 aliphatic carbocycles. The quantitative estimate of drug-likeness (QED) is 0.759. The van der Waals surface area contributed by atoms with Crippen molar-refractivity contribution in [1.82, 2.24) is 25.1 Å². The maximum Gasteiger partial charge on any atom is 0.168 e. The maximum atomic E-state index is 5.27. The first-order valence-corrected chi connectivity index (χ1v) is 10.2. The van der Waals surface area contributed by atoms with Crippen molar-refractivity contribution >= 4 is 5.69 Å². The molecule has 7 heteroatoms. The summed E-state index contributed by atoms with van der Waals surface area (Å²) < 4.78 is 7.27. The molecule has 1 fully saturated rings. The minimum Gasteiger partial charge on any atom is -0.497 e. The highest BCUT2D eigenvalue weighted by Crippen LogP contribution is 2.30. The molecule has 3 rings (SSSR count). The molecule has 0 saturated carbocycles. The number of hydrogen-bond donors (Lipinski definition) is 0. The lowest BCUT2D eigenvalue weighted by molar-refractivity contribution is 0.146. The summed E-state index contributed by atoms with van der Waals surface area (Å²) in [7, 11) is 1.70. The molecule has 1 aliphatic heterocycles. The van der Waals surface area contributed by atoms with Crippen molar-refractivity contribution in [3.05, 3.63) is 30.1 Å². The van der Waals surface area contributed by atoms with Gasteiger partial charge in [-0.25, -0.2) is 4.68 Å². The first kappa shape index (κ1) is 20.6. The van der Waals surface area contributed by atoms with Gasteiger partial charge in [-0.3, -0.25) is 4.90 Å². The van der Waals surface area contributed by atoms with Crippen molar-refractivity contribution in [2.24, 2.45) is 5.92 Å². The molecule has 28 heavy (non-hydrogen) atoms. The van der Waals surface area contributed by atoms with E-state index >= 15 is 0 Å². The number of nitrogens with zero attached hydrogens (tertiary/aromatic N) is 6. The molecule has 0 bridgehead atoms. The van der Waals surface area contributed by atoms with Gasteiger partial charge in [0.25, 0.3) is 0 Å². The van der Waals surface area contributed by atoms with Gasteiger partial charge < -0.3 is 9.64 Å². The lowest BCUT2D eigenvalue weighted by Crippen LogP contribution is -2.48. The van der Waals surface area contributed by atoms with E-state index in [0.717, 1.165) is 44.2 Å². The van der Waals surface area contributed by atoms with E-state index in [4.69, 9.17) is 4.74 Å². The monoisotopic (exact) mass is 386 g/mol. The average molecular weight is 387 g/mol. The summed E-state index contributed by atoms with van der Waals surface area (Å²) in [6.45, 7) is 15.0. The molecule has 0 N–H and O–H groups in total. The van der Waals surface area contributed by atoms with E-state index in [-0.39, 0.29) is 11.6 Å². The van der Waals surface area contributed by atoms with Crippen LogP contribution in [-0.2, 0) is 5.54 Å². The van der Waals surface area contributed by atoms with Gasteiger partial charge in [0.2, 0.25) is 0 Å². The predicted molar refractivity (Wildman–Crippen MR) is 112 cm³/mol. The Morgan fingerprint density at radius 1 is 1.04 bits per heavy atom. The summed E-state index contributed by atoms with van der Waals surface area (Å²) in [5, 5.41) is 12.7. The fourth-order valence-electron chi connectivity index (χ4n) is 3.83. The third-order valence-corrected chi connectivity index (χ3v) is 5.31. The van der Waals surface area contributed by atoms with Crippen LogP contribution in [0.1, 0.15) is 52.9 Å². The van der Waals surface area contributed by atoms with Crippen LogP contribution in [0.4, 0.5) is 5.69 Å². The van der Waals surface area contributed by atoms with E-state index in [2.05, 4.69) is 72.1 Å². The lowest BCUT2D eigenvalue weighted by atomic mass is 9.99. The second kappa shape index (κ2) is 8.47. The topological polar surface area (TPSA) is 59.3 Å². The summed E-state index contributed by atoms with van der Waals surface area (Å²) in [6, 6.07) is 8.58. The largest absolute Gasteiger partial charge is 0.497 e. The standard InChI is InChI=1S/C21H34N6O/c1-16(2)15-19(20-22-23-24-27(20)21(3,4)5)26-13-11-25(12-14-26)17-7-9-18(28-6)10-8-17/h7-10,16,19H,11-15H2,1-6H3/t19-/m0/s1. The van der Waals surface area contributed by atoms with Gasteiger partial charge in [-0.1, -0.05) is 13.8 Å². The molecule has 0 radical (unpaired) electrons.